The van der Waals surface area contributed by atoms with Gasteiger partial charge in [-0.15, -0.1) is 0 Å². The van der Waals surface area contributed by atoms with Gasteiger partial charge in [0, 0.05) is 28.0 Å². The number of halogens is 2. The van der Waals surface area contributed by atoms with Gasteiger partial charge in [0.25, 0.3) is 0 Å². The molecule has 0 bridgehead atoms. The third-order valence-electron chi connectivity index (χ3n) is 3.48. The molecular formula is C18H16Cl2N4O. The fourth-order valence-corrected chi connectivity index (χ4v) is 2.60. The molecule has 0 radical (unpaired) electrons. The first kappa shape index (κ1) is 17.3. The molecule has 0 aliphatic carbocycles. The van der Waals surface area contributed by atoms with Crippen LogP contribution in [-0.2, 0) is 0 Å². The van der Waals surface area contributed by atoms with Crippen molar-refractivity contribution in [2.45, 2.75) is 6.92 Å². The minimum Gasteiger partial charge on any atom is -0.495 e. The summed E-state index contributed by atoms with van der Waals surface area (Å²) in [5, 5.41) is 7.64. The summed E-state index contributed by atoms with van der Waals surface area (Å²) < 4.78 is 5.36. The Morgan fingerprint density at radius 3 is 2.64 bits per heavy atom. The van der Waals surface area contributed by atoms with E-state index in [4.69, 9.17) is 27.9 Å². The smallest absolute Gasteiger partial charge is 0.229 e. The largest absolute Gasteiger partial charge is 0.495 e. The molecule has 7 heteroatoms. The van der Waals surface area contributed by atoms with Crippen LogP contribution in [0.2, 0.25) is 10.0 Å². The van der Waals surface area contributed by atoms with Crippen molar-refractivity contribution < 1.29 is 4.74 Å². The molecule has 0 unspecified atom stereocenters. The standard InChI is InChI=1S/C18H16Cl2N4O/c1-11-8-15(16(25-2)10-14(11)20)23-18-21-7-6-17(24-18)22-13-5-3-4-12(19)9-13/h3-10H,1-2H3,(H2,21,22,23,24). The molecule has 0 atom stereocenters. The highest BCUT2D eigenvalue weighted by atomic mass is 35.5. The highest BCUT2D eigenvalue weighted by Gasteiger charge is 2.09. The molecule has 0 aliphatic heterocycles. The van der Waals surface area contributed by atoms with E-state index in [9.17, 15) is 0 Å². The van der Waals surface area contributed by atoms with Crippen molar-refractivity contribution in [2.75, 3.05) is 17.7 Å². The van der Waals surface area contributed by atoms with E-state index in [1.54, 1.807) is 25.4 Å². The second kappa shape index (κ2) is 7.59. The SMILES string of the molecule is COc1cc(Cl)c(C)cc1Nc1nccc(Nc2cccc(Cl)c2)n1. The number of methoxy groups -OCH3 is 1. The van der Waals surface area contributed by atoms with Crippen LogP contribution in [0.5, 0.6) is 5.75 Å². The van der Waals surface area contributed by atoms with E-state index in [2.05, 4.69) is 20.6 Å². The van der Waals surface area contributed by atoms with Crippen molar-refractivity contribution in [1.82, 2.24) is 9.97 Å². The van der Waals surface area contributed by atoms with Crippen LogP contribution >= 0.6 is 23.2 Å². The molecule has 5 nitrogen and oxygen atoms in total. The number of anilines is 4. The van der Waals surface area contributed by atoms with Gasteiger partial charge in [0.2, 0.25) is 5.95 Å². The summed E-state index contributed by atoms with van der Waals surface area (Å²) in [5.41, 5.74) is 2.51. The Bertz CT molecular complexity index is 902. The molecule has 2 aromatic carbocycles. The maximum Gasteiger partial charge on any atom is 0.229 e. The zero-order chi connectivity index (χ0) is 17.8. The van der Waals surface area contributed by atoms with Crippen molar-refractivity contribution in [3.05, 3.63) is 64.3 Å². The van der Waals surface area contributed by atoms with Gasteiger partial charge in [-0.2, -0.15) is 4.98 Å². The molecule has 2 N–H and O–H groups in total. The number of benzene rings is 2. The lowest BCUT2D eigenvalue weighted by molar-refractivity contribution is 0.416. The van der Waals surface area contributed by atoms with Crippen LogP contribution in [0.15, 0.2) is 48.7 Å². The first-order valence-corrected chi connectivity index (χ1v) is 8.27. The number of aromatic nitrogens is 2. The summed E-state index contributed by atoms with van der Waals surface area (Å²) in [6.07, 6.45) is 1.66. The van der Waals surface area contributed by atoms with Crippen LogP contribution < -0.4 is 15.4 Å². The predicted molar refractivity (Wildman–Crippen MR) is 103 cm³/mol. The predicted octanol–water partition coefficient (Wildman–Crippen LogP) is 5.59. The van der Waals surface area contributed by atoms with Gasteiger partial charge in [0.15, 0.2) is 0 Å². The van der Waals surface area contributed by atoms with E-state index in [1.807, 2.05) is 37.3 Å². The van der Waals surface area contributed by atoms with Gasteiger partial charge in [-0.3, -0.25) is 0 Å². The van der Waals surface area contributed by atoms with E-state index in [0.29, 0.717) is 27.6 Å². The third kappa shape index (κ3) is 4.32. The second-order valence-electron chi connectivity index (χ2n) is 5.33. The first-order valence-electron chi connectivity index (χ1n) is 7.52. The Labute approximate surface area is 156 Å². The van der Waals surface area contributed by atoms with Gasteiger partial charge in [-0.25, -0.2) is 4.98 Å². The van der Waals surface area contributed by atoms with Crippen LogP contribution in [0.3, 0.4) is 0 Å². The summed E-state index contributed by atoms with van der Waals surface area (Å²) in [7, 11) is 1.59. The average molecular weight is 375 g/mol. The van der Waals surface area contributed by atoms with Gasteiger partial charge < -0.3 is 15.4 Å². The minimum absolute atomic E-state index is 0.437. The summed E-state index contributed by atoms with van der Waals surface area (Å²) in [5.74, 6) is 1.70. The molecule has 1 heterocycles. The lowest BCUT2D eigenvalue weighted by Gasteiger charge is -2.13. The van der Waals surface area contributed by atoms with Crippen molar-refractivity contribution in [2.24, 2.45) is 0 Å². The molecule has 0 saturated heterocycles. The molecule has 128 valence electrons. The van der Waals surface area contributed by atoms with E-state index >= 15 is 0 Å². The molecule has 3 aromatic rings. The van der Waals surface area contributed by atoms with Crippen LogP contribution in [0.4, 0.5) is 23.1 Å². The fourth-order valence-electron chi connectivity index (χ4n) is 2.25. The average Bonchev–Trinajstić information content (AvgIpc) is 2.58. The lowest BCUT2D eigenvalue weighted by Crippen LogP contribution is -2.02. The van der Waals surface area contributed by atoms with Gasteiger partial charge in [0.1, 0.15) is 11.6 Å². The zero-order valence-corrected chi connectivity index (χ0v) is 15.2. The number of rotatable bonds is 5. The maximum absolute atomic E-state index is 6.14. The van der Waals surface area contributed by atoms with Gasteiger partial charge in [-0.05, 0) is 42.8 Å². The van der Waals surface area contributed by atoms with E-state index in [-0.39, 0.29) is 0 Å². The summed E-state index contributed by atoms with van der Waals surface area (Å²) in [6.45, 7) is 1.92. The number of ether oxygens (including phenoxy) is 1. The topological polar surface area (TPSA) is 59.1 Å². The lowest BCUT2D eigenvalue weighted by atomic mass is 10.2. The normalized spacial score (nSPS) is 10.4. The Kier molecular flexibility index (Phi) is 5.26. The number of hydrogen-bond donors (Lipinski definition) is 2. The van der Waals surface area contributed by atoms with Crippen molar-refractivity contribution >= 4 is 46.3 Å². The van der Waals surface area contributed by atoms with Crippen molar-refractivity contribution in [3.8, 4) is 5.75 Å². The summed E-state index contributed by atoms with van der Waals surface area (Å²) in [4.78, 5) is 8.70. The molecule has 0 spiro atoms. The maximum atomic E-state index is 6.14. The Hall–Kier alpha value is -2.50. The molecule has 0 aliphatic rings. The molecule has 0 fully saturated rings. The van der Waals surface area contributed by atoms with Crippen LogP contribution in [0.25, 0.3) is 0 Å². The Morgan fingerprint density at radius 1 is 1.04 bits per heavy atom. The number of hydrogen-bond acceptors (Lipinski definition) is 5. The van der Waals surface area contributed by atoms with E-state index in [1.165, 1.54) is 0 Å². The van der Waals surface area contributed by atoms with Gasteiger partial charge in [-0.1, -0.05) is 29.3 Å². The molecule has 0 saturated carbocycles. The fraction of sp³-hybridized carbons (Fsp3) is 0.111. The summed E-state index contributed by atoms with van der Waals surface area (Å²) >= 11 is 12.1. The number of nitrogens with one attached hydrogen (secondary N) is 2. The van der Waals surface area contributed by atoms with E-state index < -0.39 is 0 Å². The Balaban J connectivity index is 1.84. The molecule has 0 amide bonds. The monoisotopic (exact) mass is 374 g/mol. The minimum atomic E-state index is 0.437. The molecule has 3 rings (SSSR count). The number of aryl methyl sites for hydroxylation is 1. The number of nitrogens with zero attached hydrogens (tertiary/aromatic N) is 2. The highest BCUT2D eigenvalue weighted by Crippen LogP contribution is 2.32. The van der Waals surface area contributed by atoms with Gasteiger partial charge in [0.05, 0.1) is 12.8 Å². The van der Waals surface area contributed by atoms with Crippen molar-refractivity contribution in [3.63, 3.8) is 0 Å². The Morgan fingerprint density at radius 2 is 1.88 bits per heavy atom. The quantitative estimate of drug-likeness (QED) is 0.609. The van der Waals surface area contributed by atoms with E-state index in [0.717, 1.165) is 16.9 Å². The van der Waals surface area contributed by atoms with Crippen LogP contribution in [-0.4, -0.2) is 17.1 Å². The molecule has 25 heavy (non-hydrogen) atoms. The molecular weight excluding hydrogens is 359 g/mol. The van der Waals surface area contributed by atoms with Crippen molar-refractivity contribution in [1.29, 1.82) is 0 Å². The summed E-state index contributed by atoms with van der Waals surface area (Å²) in [6, 6.07) is 12.8. The first-order chi connectivity index (χ1) is 12.0. The van der Waals surface area contributed by atoms with Gasteiger partial charge >= 0.3 is 0 Å². The third-order valence-corrected chi connectivity index (χ3v) is 4.12. The highest BCUT2D eigenvalue weighted by molar-refractivity contribution is 6.31. The molecule has 1 aromatic heterocycles. The van der Waals surface area contributed by atoms with Crippen LogP contribution in [0.1, 0.15) is 5.56 Å². The zero-order valence-electron chi connectivity index (χ0n) is 13.7. The van der Waals surface area contributed by atoms with Crippen LogP contribution in [0, 0.1) is 6.92 Å². The second-order valence-corrected chi connectivity index (χ2v) is 6.17.